The third-order valence-corrected chi connectivity index (χ3v) is 10.5. The smallest absolute Gasteiger partial charge is 0.277 e. The Hall–Kier alpha value is -2.47. The molecule has 30 heavy (non-hydrogen) atoms. The number of aromatic nitrogens is 1. The van der Waals surface area contributed by atoms with Crippen molar-refractivity contribution >= 4 is 65.1 Å². The molecule has 3 aromatic heterocycles. The molecule has 156 valence electrons. The summed E-state index contributed by atoms with van der Waals surface area (Å²) in [6, 6.07) is 10.7. The molecule has 4 aromatic rings. The monoisotopic (exact) mass is 480 g/mol. The number of ketones is 1. The van der Waals surface area contributed by atoms with Crippen molar-refractivity contribution in [1.29, 1.82) is 0 Å². The second-order valence-corrected chi connectivity index (χ2v) is 12.3. The summed E-state index contributed by atoms with van der Waals surface area (Å²) < 4.78 is 55.4. The lowest BCUT2D eigenvalue weighted by Gasteiger charge is -2.09. The van der Waals surface area contributed by atoms with E-state index in [1.807, 2.05) is 0 Å². The van der Waals surface area contributed by atoms with Crippen LogP contribution in [0.25, 0.3) is 10.9 Å². The first-order valence-electron chi connectivity index (χ1n) is 8.64. The predicted molar refractivity (Wildman–Crippen MR) is 119 cm³/mol. The van der Waals surface area contributed by atoms with Crippen LogP contribution in [0.2, 0.25) is 0 Å². The number of anilines is 1. The minimum Gasteiger partial charge on any atom is -0.294 e. The highest BCUT2D eigenvalue weighted by Gasteiger charge is 2.27. The average molecular weight is 481 g/mol. The van der Waals surface area contributed by atoms with Crippen LogP contribution in [0.1, 0.15) is 23.0 Å². The van der Waals surface area contributed by atoms with E-state index in [-0.39, 0.29) is 31.1 Å². The Morgan fingerprint density at radius 1 is 0.967 bits per heavy atom. The number of hydrogen-bond acceptors (Lipinski definition) is 7. The van der Waals surface area contributed by atoms with Gasteiger partial charge in [0, 0.05) is 22.3 Å². The summed E-state index contributed by atoms with van der Waals surface area (Å²) in [5, 5.41) is 3.69. The highest BCUT2D eigenvalue weighted by atomic mass is 32.3. The zero-order valence-electron chi connectivity index (χ0n) is 15.8. The molecule has 1 aromatic carbocycles. The maximum atomic E-state index is 13.2. The molecule has 1 N–H and O–H groups in total. The van der Waals surface area contributed by atoms with Gasteiger partial charge in [0.1, 0.15) is 8.42 Å². The molecule has 0 amide bonds. The zero-order valence-corrected chi connectivity index (χ0v) is 19.1. The normalized spacial score (nSPS) is 12.3. The molecule has 4 rings (SSSR count). The first kappa shape index (κ1) is 20.8. The fraction of sp³-hybridized carbons (Fsp3) is 0.105. The SMILES string of the molecule is CC(=O)c1c(C)n(S(=O)(=O)c2cccs2)c2ccc(NS(=O)(=O)c3cccs3)cc12. The molecule has 11 heteroatoms. The third kappa shape index (κ3) is 3.37. The van der Waals surface area contributed by atoms with Crippen molar-refractivity contribution in [1.82, 2.24) is 3.97 Å². The average Bonchev–Trinajstić information content (AvgIpc) is 3.41. The summed E-state index contributed by atoms with van der Waals surface area (Å²) in [4.78, 5) is 12.3. The molecule has 0 aliphatic rings. The third-order valence-electron chi connectivity index (χ3n) is 4.51. The summed E-state index contributed by atoms with van der Waals surface area (Å²) in [5.41, 5.74) is 1.07. The summed E-state index contributed by atoms with van der Waals surface area (Å²) in [5.74, 6) is -0.309. The van der Waals surface area contributed by atoms with Gasteiger partial charge in [-0.2, -0.15) is 8.42 Å². The van der Waals surface area contributed by atoms with Crippen molar-refractivity contribution < 1.29 is 21.6 Å². The summed E-state index contributed by atoms with van der Waals surface area (Å²) in [6.07, 6.45) is 0. The number of carbonyl (C=O) groups excluding carboxylic acids is 1. The number of sulfonamides is 1. The van der Waals surface area contributed by atoms with Crippen LogP contribution in [0.15, 0.2) is 61.6 Å². The molecule has 0 saturated heterocycles. The molecule has 0 aliphatic heterocycles. The zero-order chi connectivity index (χ0) is 21.7. The molecule has 3 heterocycles. The number of thiophene rings is 2. The number of Topliss-reactive ketones (excluding diaryl/α,β-unsaturated/α-hetero) is 1. The number of nitrogens with one attached hydrogen (secondary N) is 1. The van der Waals surface area contributed by atoms with E-state index in [1.54, 1.807) is 29.8 Å². The molecule has 0 fully saturated rings. The Morgan fingerprint density at radius 2 is 1.60 bits per heavy atom. The Morgan fingerprint density at radius 3 is 2.17 bits per heavy atom. The van der Waals surface area contributed by atoms with Crippen LogP contribution in [0, 0.1) is 6.92 Å². The predicted octanol–water partition coefficient (Wildman–Crippen LogP) is 4.31. The van der Waals surface area contributed by atoms with Gasteiger partial charge in [0.15, 0.2) is 5.78 Å². The maximum absolute atomic E-state index is 13.2. The van der Waals surface area contributed by atoms with E-state index in [0.29, 0.717) is 10.9 Å². The molecule has 0 bridgehead atoms. The van der Waals surface area contributed by atoms with Gasteiger partial charge in [-0.1, -0.05) is 12.1 Å². The van der Waals surface area contributed by atoms with Gasteiger partial charge < -0.3 is 0 Å². The van der Waals surface area contributed by atoms with E-state index in [1.165, 1.54) is 37.3 Å². The van der Waals surface area contributed by atoms with Crippen molar-refractivity contribution in [2.24, 2.45) is 0 Å². The lowest BCUT2D eigenvalue weighted by atomic mass is 10.1. The highest BCUT2D eigenvalue weighted by Crippen LogP contribution is 2.34. The Kier molecular flexibility index (Phi) is 5.09. The second-order valence-electron chi connectivity index (χ2n) is 6.49. The van der Waals surface area contributed by atoms with Crippen LogP contribution >= 0.6 is 22.7 Å². The van der Waals surface area contributed by atoms with E-state index in [9.17, 15) is 21.6 Å². The molecule has 0 aliphatic carbocycles. The van der Waals surface area contributed by atoms with Crippen molar-refractivity contribution in [3.63, 3.8) is 0 Å². The fourth-order valence-corrected chi connectivity index (χ4v) is 8.00. The number of hydrogen-bond donors (Lipinski definition) is 1. The van der Waals surface area contributed by atoms with Gasteiger partial charge in [-0.05, 0) is 54.9 Å². The van der Waals surface area contributed by atoms with Gasteiger partial charge in [-0.15, -0.1) is 22.7 Å². The number of carbonyl (C=O) groups is 1. The first-order chi connectivity index (χ1) is 14.1. The van der Waals surface area contributed by atoms with Crippen LogP contribution in [-0.4, -0.2) is 26.6 Å². The van der Waals surface area contributed by atoms with Gasteiger partial charge in [0.2, 0.25) is 0 Å². The van der Waals surface area contributed by atoms with Gasteiger partial charge in [0.25, 0.3) is 20.0 Å². The van der Waals surface area contributed by atoms with E-state index >= 15 is 0 Å². The Labute approximate surface area is 181 Å². The summed E-state index contributed by atoms with van der Waals surface area (Å²) >= 11 is 2.17. The molecular weight excluding hydrogens is 464 g/mol. The molecule has 0 radical (unpaired) electrons. The van der Waals surface area contributed by atoms with E-state index in [4.69, 9.17) is 0 Å². The molecule has 0 atom stereocenters. The standard InChI is InChI=1S/C19H16N2O5S4/c1-12-19(13(2)22)15-11-14(20-29(23,24)17-5-3-9-27-17)7-8-16(15)21(12)30(25,26)18-6-4-10-28-18/h3-11,20H,1-2H3. The number of fused-ring (bicyclic) bond motifs is 1. The molecule has 7 nitrogen and oxygen atoms in total. The van der Waals surface area contributed by atoms with Crippen LogP contribution in [-0.2, 0) is 20.0 Å². The molecular formula is C19H16N2O5S4. The number of nitrogens with zero attached hydrogens (tertiary/aromatic N) is 1. The van der Waals surface area contributed by atoms with Crippen molar-refractivity contribution in [2.45, 2.75) is 22.3 Å². The van der Waals surface area contributed by atoms with Gasteiger partial charge in [-0.25, -0.2) is 12.4 Å². The minimum absolute atomic E-state index is 0.153. The molecule has 0 spiro atoms. The van der Waals surface area contributed by atoms with Crippen LogP contribution < -0.4 is 4.72 Å². The van der Waals surface area contributed by atoms with Crippen molar-refractivity contribution in [3.8, 4) is 0 Å². The summed E-state index contributed by atoms with van der Waals surface area (Å²) in [6.45, 7) is 2.92. The van der Waals surface area contributed by atoms with Crippen LogP contribution in [0.5, 0.6) is 0 Å². The largest absolute Gasteiger partial charge is 0.294 e. The quantitative estimate of drug-likeness (QED) is 0.414. The Balaban J connectivity index is 1.91. The van der Waals surface area contributed by atoms with E-state index < -0.39 is 20.0 Å². The van der Waals surface area contributed by atoms with Crippen LogP contribution in [0.3, 0.4) is 0 Å². The molecule has 0 unspecified atom stereocenters. The lowest BCUT2D eigenvalue weighted by Crippen LogP contribution is -2.14. The van der Waals surface area contributed by atoms with E-state index in [2.05, 4.69) is 4.72 Å². The minimum atomic E-state index is -3.90. The maximum Gasteiger partial charge on any atom is 0.277 e. The van der Waals surface area contributed by atoms with Crippen LogP contribution in [0.4, 0.5) is 5.69 Å². The van der Waals surface area contributed by atoms with Gasteiger partial charge in [0.05, 0.1) is 5.52 Å². The number of rotatable bonds is 6. The van der Waals surface area contributed by atoms with Crippen molar-refractivity contribution in [3.05, 3.63) is 64.5 Å². The Bertz CT molecular complexity index is 1460. The summed E-state index contributed by atoms with van der Waals surface area (Å²) in [7, 11) is -7.68. The second kappa shape index (κ2) is 7.34. The van der Waals surface area contributed by atoms with Gasteiger partial charge >= 0.3 is 0 Å². The number of benzene rings is 1. The first-order valence-corrected chi connectivity index (χ1v) is 13.3. The fourth-order valence-electron chi connectivity index (χ4n) is 3.33. The van der Waals surface area contributed by atoms with E-state index in [0.717, 1.165) is 26.6 Å². The van der Waals surface area contributed by atoms with Gasteiger partial charge in [-0.3, -0.25) is 9.52 Å². The molecule has 0 saturated carbocycles. The lowest BCUT2D eigenvalue weighted by molar-refractivity contribution is 0.101. The highest BCUT2D eigenvalue weighted by molar-refractivity contribution is 7.94. The topological polar surface area (TPSA) is 102 Å². The van der Waals surface area contributed by atoms with Crippen molar-refractivity contribution in [2.75, 3.05) is 4.72 Å².